The summed E-state index contributed by atoms with van der Waals surface area (Å²) in [5, 5.41) is 32.0. The van der Waals surface area contributed by atoms with E-state index in [9.17, 15) is 18.0 Å². The summed E-state index contributed by atoms with van der Waals surface area (Å²) in [6.07, 6.45) is 3.95. The number of amides is 1. The van der Waals surface area contributed by atoms with E-state index < -0.39 is 12.1 Å². The van der Waals surface area contributed by atoms with Gasteiger partial charge in [-0.05, 0) is 16.4 Å². The third-order valence-electron chi connectivity index (χ3n) is 4.01. The molecule has 0 saturated carbocycles. The fourth-order valence-electron chi connectivity index (χ4n) is 2.55. The number of aliphatic hydroxyl groups excluding tert-OH is 1. The van der Waals surface area contributed by atoms with Crippen molar-refractivity contribution in [2.45, 2.75) is 13.6 Å². The van der Waals surface area contributed by atoms with Crippen molar-refractivity contribution in [2.24, 2.45) is 0 Å². The average molecular weight is 484 g/mol. The molecule has 0 aliphatic heterocycles. The molecule has 0 saturated heterocycles. The number of nitrogens with zero attached hydrogens (tertiary/aromatic N) is 3. The summed E-state index contributed by atoms with van der Waals surface area (Å²) in [6.45, 7) is 0.166. The van der Waals surface area contributed by atoms with Gasteiger partial charge < -0.3 is 20.3 Å². The Morgan fingerprint density at radius 2 is 1.94 bits per heavy atom. The first-order valence-electron chi connectivity index (χ1n) is 8.84. The van der Waals surface area contributed by atoms with Crippen molar-refractivity contribution in [2.75, 3.05) is 13.2 Å². The summed E-state index contributed by atoms with van der Waals surface area (Å²) in [6, 6.07) is 1.83. The van der Waals surface area contributed by atoms with Crippen molar-refractivity contribution in [3.8, 4) is 22.3 Å². The second kappa shape index (κ2) is 10.7. The van der Waals surface area contributed by atoms with Crippen molar-refractivity contribution in [3.05, 3.63) is 47.3 Å². The van der Waals surface area contributed by atoms with E-state index in [1.807, 2.05) is 34.6 Å². The van der Waals surface area contributed by atoms with E-state index in [-0.39, 0.29) is 26.5 Å². The van der Waals surface area contributed by atoms with Gasteiger partial charge in [-0.3, -0.25) is 9.89 Å². The van der Waals surface area contributed by atoms with Gasteiger partial charge in [-0.1, -0.05) is 7.43 Å². The number of rotatable bonds is 5. The standard InChI is InChI=1S/C16H14N6O2S.C2HF3O2.CH4/c23-2-1-17-16(24)14-3-10(9-25-14)13-7-21-22-8-12(4-18-15(13)22)11-5-19-20-6-11;3-2(4,5)1(6)7;/h3-9,23H,1-2H2,(H2,17,19,20,24);(H,6,7);1H4. The zero-order valence-electron chi connectivity index (χ0n) is 16.0. The normalized spacial score (nSPS) is 10.8. The van der Waals surface area contributed by atoms with Crippen LogP contribution in [0.2, 0.25) is 0 Å². The van der Waals surface area contributed by atoms with Crippen LogP contribution in [0.25, 0.3) is 27.9 Å². The van der Waals surface area contributed by atoms with Gasteiger partial charge >= 0.3 is 11.8 Å². The third kappa shape index (κ3) is 6.14. The molecule has 0 aromatic carbocycles. The van der Waals surface area contributed by atoms with Crippen LogP contribution in [0.15, 0.2) is 42.4 Å². The molecule has 4 aromatic rings. The number of alkyl halides is 3. The SMILES string of the molecule is C.O=C(NCCO)c1cc(-c2c[nH][n+]3cc(-c4cn[nH]c4)cnc23)cs1.O=C([O-])C(F)(F)F. The van der Waals surface area contributed by atoms with E-state index in [2.05, 4.69) is 25.6 Å². The van der Waals surface area contributed by atoms with E-state index in [4.69, 9.17) is 15.0 Å². The minimum absolute atomic E-state index is 0. The molecule has 0 fully saturated rings. The third-order valence-corrected chi connectivity index (χ3v) is 4.93. The van der Waals surface area contributed by atoms with Crippen LogP contribution in [0, 0.1) is 0 Å². The summed E-state index contributed by atoms with van der Waals surface area (Å²) in [5.74, 6) is -3.19. The van der Waals surface area contributed by atoms with Crippen molar-refractivity contribution >= 4 is 28.9 Å². The molecule has 4 N–H and O–H groups in total. The number of nitrogens with one attached hydrogen (secondary N) is 3. The Kier molecular flexibility index (Phi) is 8.26. The van der Waals surface area contributed by atoms with Crippen LogP contribution < -0.4 is 14.9 Å². The first-order valence-corrected chi connectivity index (χ1v) is 9.72. The largest absolute Gasteiger partial charge is 0.542 e. The van der Waals surface area contributed by atoms with Crippen LogP contribution in [-0.4, -0.2) is 56.6 Å². The van der Waals surface area contributed by atoms with Crippen LogP contribution in [0.4, 0.5) is 13.2 Å². The quantitative estimate of drug-likeness (QED) is 0.309. The lowest BCUT2D eigenvalue weighted by Gasteiger charge is -2.03. The Bertz CT molecular complexity index is 1220. The number of carbonyl (C=O) groups excluding carboxylic acids is 2. The van der Waals surface area contributed by atoms with Gasteiger partial charge in [-0.15, -0.1) is 15.9 Å². The molecule has 0 atom stereocenters. The number of aliphatic hydroxyl groups is 1. The van der Waals surface area contributed by atoms with Crippen LogP contribution in [-0.2, 0) is 4.79 Å². The van der Waals surface area contributed by atoms with Gasteiger partial charge in [0.1, 0.15) is 12.2 Å². The van der Waals surface area contributed by atoms with Crippen molar-refractivity contribution in [1.82, 2.24) is 25.6 Å². The summed E-state index contributed by atoms with van der Waals surface area (Å²) in [4.78, 5) is 25.9. The molecule has 0 aliphatic carbocycles. The average Bonchev–Trinajstić information content (AvgIpc) is 3.51. The summed E-state index contributed by atoms with van der Waals surface area (Å²) < 4.78 is 33.4. The predicted octanol–water partition coefficient (Wildman–Crippen LogP) is 0.924. The number of halogens is 3. The minimum atomic E-state index is -5.19. The second-order valence-electron chi connectivity index (χ2n) is 6.17. The molecule has 1 amide bonds. The highest BCUT2D eigenvalue weighted by atomic mass is 32.1. The molecular weight excluding hydrogens is 465 g/mol. The summed E-state index contributed by atoms with van der Waals surface area (Å²) in [5.41, 5.74) is 4.50. The number of hydrogen-bond donors (Lipinski definition) is 4. The zero-order valence-corrected chi connectivity index (χ0v) is 16.8. The number of carboxylic acid groups (broad SMARTS) is 1. The van der Waals surface area contributed by atoms with Crippen LogP contribution >= 0.6 is 11.3 Å². The van der Waals surface area contributed by atoms with Gasteiger partial charge in [0.05, 0.1) is 35.0 Å². The smallest absolute Gasteiger partial charge is 0.430 e. The lowest BCUT2D eigenvalue weighted by molar-refractivity contribution is -0.578. The van der Waals surface area contributed by atoms with Gasteiger partial charge in [-0.25, -0.2) is 5.10 Å². The summed E-state index contributed by atoms with van der Waals surface area (Å²) >= 11 is 1.36. The molecule has 0 spiro atoms. The topological polar surface area (TPSA) is 151 Å². The maximum absolute atomic E-state index is 12.0. The Morgan fingerprint density at radius 3 is 2.55 bits per heavy atom. The molecule has 14 heteroatoms. The fourth-order valence-corrected chi connectivity index (χ4v) is 3.37. The first kappa shape index (κ1) is 25.5. The highest BCUT2D eigenvalue weighted by Crippen LogP contribution is 2.27. The molecule has 10 nitrogen and oxygen atoms in total. The molecule has 0 radical (unpaired) electrons. The van der Waals surface area contributed by atoms with E-state index >= 15 is 0 Å². The van der Waals surface area contributed by atoms with Crippen LogP contribution in [0.3, 0.4) is 0 Å². The Balaban J connectivity index is 0.000000423. The van der Waals surface area contributed by atoms with Crippen molar-refractivity contribution in [1.29, 1.82) is 0 Å². The monoisotopic (exact) mass is 484 g/mol. The maximum Gasteiger partial charge on any atom is 0.430 e. The van der Waals surface area contributed by atoms with Crippen LogP contribution in [0.1, 0.15) is 17.1 Å². The minimum Gasteiger partial charge on any atom is -0.542 e. The zero-order chi connectivity index (χ0) is 23.3. The maximum atomic E-state index is 12.0. The number of fused-ring (bicyclic) bond motifs is 1. The number of carboxylic acids is 1. The molecule has 33 heavy (non-hydrogen) atoms. The first-order chi connectivity index (χ1) is 15.2. The van der Waals surface area contributed by atoms with E-state index in [0.29, 0.717) is 4.88 Å². The highest BCUT2D eigenvalue weighted by Gasteiger charge is 2.28. The number of aromatic nitrogens is 5. The van der Waals surface area contributed by atoms with Gasteiger partial charge in [0.15, 0.2) is 6.20 Å². The van der Waals surface area contributed by atoms with Crippen molar-refractivity contribution < 1.29 is 37.5 Å². The number of aliphatic carboxylic acids is 1. The number of H-pyrrole nitrogens is 2. The number of carbonyl (C=O) groups is 2. The molecule has 0 aliphatic rings. The van der Waals surface area contributed by atoms with Gasteiger partial charge in [0, 0.05) is 23.9 Å². The Labute approximate surface area is 188 Å². The van der Waals surface area contributed by atoms with E-state index in [0.717, 1.165) is 27.9 Å². The number of thiophene rings is 1. The van der Waals surface area contributed by atoms with Crippen molar-refractivity contribution in [3.63, 3.8) is 0 Å². The molecular formula is C19H19F3N6O4S. The Morgan fingerprint density at radius 1 is 1.21 bits per heavy atom. The van der Waals surface area contributed by atoms with Gasteiger partial charge in [0.25, 0.3) is 5.91 Å². The molecule has 4 rings (SSSR count). The number of hydrogen-bond acceptors (Lipinski definition) is 7. The summed E-state index contributed by atoms with van der Waals surface area (Å²) in [7, 11) is 0. The molecule has 4 aromatic heterocycles. The molecule has 4 heterocycles. The number of aromatic amines is 2. The second-order valence-corrected chi connectivity index (χ2v) is 7.09. The van der Waals surface area contributed by atoms with E-state index in [1.165, 1.54) is 11.3 Å². The highest BCUT2D eigenvalue weighted by molar-refractivity contribution is 7.12. The Hall–Kier alpha value is -3.78. The van der Waals surface area contributed by atoms with E-state index in [1.54, 1.807) is 12.4 Å². The fraction of sp³-hybridized carbons (Fsp3) is 0.211. The lowest BCUT2D eigenvalue weighted by Crippen LogP contribution is -2.37. The predicted molar refractivity (Wildman–Crippen MR) is 110 cm³/mol. The van der Waals surface area contributed by atoms with Crippen LogP contribution in [0.5, 0.6) is 0 Å². The molecule has 176 valence electrons. The van der Waals surface area contributed by atoms with Gasteiger partial charge in [-0.2, -0.15) is 18.3 Å². The lowest BCUT2D eigenvalue weighted by atomic mass is 10.1. The van der Waals surface area contributed by atoms with Gasteiger partial charge in [0.2, 0.25) is 0 Å². The molecule has 0 bridgehead atoms. The molecule has 0 unspecified atom stereocenters.